The van der Waals surface area contributed by atoms with Gasteiger partial charge in [0.05, 0.1) is 5.25 Å². The molecule has 2 rings (SSSR count). The van der Waals surface area contributed by atoms with Crippen LogP contribution in [0.4, 0.5) is 0 Å². The van der Waals surface area contributed by atoms with Crippen molar-refractivity contribution in [2.75, 3.05) is 20.3 Å². The number of oxazole rings is 1. The van der Waals surface area contributed by atoms with Crippen LogP contribution in [0.2, 0.25) is 0 Å². The molecule has 0 aliphatic heterocycles. The Hall–Kier alpha value is -1.53. The van der Waals surface area contributed by atoms with Crippen LogP contribution in [0.25, 0.3) is 11.1 Å². The second-order valence-corrected chi connectivity index (χ2v) is 5.64. The third kappa shape index (κ3) is 3.98. The molecule has 0 aliphatic rings. The summed E-state index contributed by atoms with van der Waals surface area (Å²) in [5, 5.41) is 3.14. The Morgan fingerprint density at radius 1 is 1.50 bits per heavy atom. The maximum Gasteiger partial charge on any atom is 0.257 e. The fourth-order valence-electron chi connectivity index (χ4n) is 1.68. The number of para-hydroxylation sites is 2. The molecule has 6 heteroatoms. The van der Waals surface area contributed by atoms with Crippen molar-refractivity contribution in [2.45, 2.75) is 23.8 Å². The van der Waals surface area contributed by atoms with Crippen LogP contribution < -0.4 is 5.32 Å². The molecular formula is C14H18N2O3S. The van der Waals surface area contributed by atoms with Gasteiger partial charge in [-0.1, -0.05) is 23.9 Å². The Balaban J connectivity index is 1.86. The van der Waals surface area contributed by atoms with Gasteiger partial charge in [0.1, 0.15) is 5.52 Å². The summed E-state index contributed by atoms with van der Waals surface area (Å²) in [6.07, 6.45) is 0.808. The third-order valence-corrected chi connectivity index (χ3v) is 3.69. The third-order valence-electron chi connectivity index (χ3n) is 2.75. The standard InChI is InChI=1S/C14H18N2O3S/c1-10(13(17)15-8-5-9-18-2)20-14-16-11-6-3-4-7-12(11)19-14/h3-4,6-7,10H,5,8-9H2,1-2H3,(H,15,17). The van der Waals surface area contributed by atoms with E-state index in [4.69, 9.17) is 9.15 Å². The number of hydrogen-bond donors (Lipinski definition) is 1. The van der Waals surface area contributed by atoms with Crippen LogP contribution >= 0.6 is 11.8 Å². The molecule has 5 nitrogen and oxygen atoms in total. The Morgan fingerprint density at radius 2 is 2.30 bits per heavy atom. The van der Waals surface area contributed by atoms with Gasteiger partial charge in [0, 0.05) is 20.3 Å². The van der Waals surface area contributed by atoms with Gasteiger partial charge in [-0.25, -0.2) is 4.98 Å². The van der Waals surface area contributed by atoms with Gasteiger partial charge in [-0.15, -0.1) is 0 Å². The van der Waals surface area contributed by atoms with Gasteiger partial charge < -0.3 is 14.5 Å². The van der Waals surface area contributed by atoms with Crippen molar-refractivity contribution < 1.29 is 13.9 Å². The second kappa shape index (κ2) is 7.31. The predicted molar refractivity (Wildman–Crippen MR) is 78.8 cm³/mol. The van der Waals surface area contributed by atoms with Crippen molar-refractivity contribution in [1.29, 1.82) is 0 Å². The van der Waals surface area contributed by atoms with Crippen molar-refractivity contribution >= 4 is 28.8 Å². The zero-order valence-electron chi connectivity index (χ0n) is 11.6. The number of hydrogen-bond acceptors (Lipinski definition) is 5. The first kappa shape index (κ1) is 14.9. The minimum atomic E-state index is -0.245. The predicted octanol–water partition coefficient (Wildman–Crippen LogP) is 2.46. The van der Waals surface area contributed by atoms with E-state index >= 15 is 0 Å². The van der Waals surface area contributed by atoms with E-state index in [-0.39, 0.29) is 11.2 Å². The minimum absolute atomic E-state index is 0.0200. The fourth-order valence-corrected chi connectivity index (χ4v) is 2.46. The van der Waals surface area contributed by atoms with Gasteiger partial charge in [0.25, 0.3) is 5.22 Å². The van der Waals surface area contributed by atoms with Crippen LogP contribution in [0.3, 0.4) is 0 Å². The maximum atomic E-state index is 11.9. The number of rotatable bonds is 7. The van der Waals surface area contributed by atoms with Crippen LogP contribution in [-0.2, 0) is 9.53 Å². The quantitative estimate of drug-likeness (QED) is 0.628. The van der Waals surface area contributed by atoms with Crippen molar-refractivity contribution in [3.63, 3.8) is 0 Å². The van der Waals surface area contributed by atoms with E-state index in [0.29, 0.717) is 18.4 Å². The van der Waals surface area contributed by atoms with Crippen molar-refractivity contribution in [2.24, 2.45) is 0 Å². The summed E-state index contributed by atoms with van der Waals surface area (Å²) in [7, 11) is 1.65. The first-order valence-electron chi connectivity index (χ1n) is 6.49. The Labute approximate surface area is 122 Å². The van der Waals surface area contributed by atoms with E-state index < -0.39 is 0 Å². The summed E-state index contributed by atoms with van der Waals surface area (Å²) in [6, 6.07) is 7.55. The van der Waals surface area contributed by atoms with Gasteiger partial charge in [-0.2, -0.15) is 0 Å². The number of carbonyl (C=O) groups is 1. The highest BCUT2D eigenvalue weighted by molar-refractivity contribution is 8.00. The molecule has 1 N–H and O–H groups in total. The molecule has 0 aliphatic carbocycles. The van der Waals surface area contributed by atoms with Crippen molar-refractivity contribution in [1.82, 2.24) is 10.3 Å². The zero-order valence-corrected chi connectivity index (χ0v) is 12.4. The number of nitrogens with one attached hydrogen (secondary N) is 1. The van der Waals surface area contributed by atoms with Gasteiger partial charge in [-0.05, 0) is 25.5 Å². The number of thioether (sulfide) groups is 1. The lowest BCUT2D eigenvalue weighted by atomic mass is 10.3. The highest BCUT2D eigenvalue weighted by atomic mass is 32.2. The first-order valence-corrected chi connectivity index (χ1v) is 7.37. The summed E-state index contributed by atoms with van der Waals surface area (Å²) in [4.78, 5) is 16.2. The topological polar surface area (TPSA) is 64.4 Å². The average Bonchev–Trinajstić information content (AvgIpc) is 2.85. The number of aromatic nitrogens is 1. The number of methoxy groups -OCH3 is 1. The van der Waals surface area contributed by atoms with E-state index in [9.17, 15) is 4.79 Å². The van der Waals surface area contributed by atoms with E-state index in [1.807, 2.05) is 31.2 Å². The lowest BCUT2D eigenvalue weighted by Gasteiger charge is -2.09. The number of fused-ring (bicyclic) bond motifs is 1. The van der Waals surface area contributed by atoms with Crippen LogP contribution in [0, 0.1) is 0 Å². The number of ether oxygens (including phenoxy) is 1. The largest absolute Gasteiger partial charge is 0.431 e. The fraction of sp³-hybridized carbons (Fsp3) is 0.429. The maximum absolute atomic E-state index is 11.9. The smallest absolute Gasteiger partial charge is 0.257 e. The molecule has 1 aromatic heterocycles. The van der Waals surface area contributed by atoms with E-state index in [2.05, 4.69) is 10.3 Å². The van der Waals surface area contributed by atoms with Gasteiger partial charge in [0.2, 0.25) is 5.91 Å². The highest BCUT2D eigenvalue weighted by Gasteiger charge is 2.17. The Bertz CT molecular complexity index is 537. The SMILES string of the molecule is COCCCNC(=O)C(C)Sc1nc2ccccc2o1. The van der Waals surface area contributed by atoms with E-state index in [1.54, 1.807) is 7.11 Å². The average molecular weight is 294 g/mol. The summed E-state index contributed by atoms with van der Waals surface area (Å²) < 4.78 is 10.5. The van der Waals surface area contributed by atoms with Gasteiger partial charge >= 0.3 is 0 Å². The molecule has 0 spiro atoms. The van der Waals surface area contributed by atoms with Crippen LogP contribution in [0.1, 0.15) is 13.3 Å². The highest BCUT2D eigenvalue weighted by Crippen LogP contribution is 2.26. The molecule has 20 heavy (non-hydrogen) atoms. The zero-order chi connectivity index (χ0) is 14.4. The molecule has 108 valence electrons. The monoisotopic (exact) mass is 294 g/mol. The molecule has 1 heterocycles. The molecule has 0 saturated heterocycles. The lowest BCUT2D eigenvalue weighted by molar-refractivity contribution is -0.120. The number of carbonyl (C=O) groups excluding carboxylic acids is 1. The first-order chi connectivity index (χ1) is 9.70. The summed E-state index contributed by atoms with van der Waals surface area (Å²) >= 11 is 1.32. The molecule has 0 fully saturated rings. The van der Waals surface area contributed by atoms with E-state index in [1.165, 1.54) is 11.8 Å². The van der Waals surface area contributed by atoms with Crippen LogP contribution in [0.5, 0.6) is 0 Å². The summed E-state index contributed by atoms with van der Waals surface area (Å²) in [6.45, 7) is 3.10. The number of nitrogens with zero attached hydrogens (tertiary/aromatic N) is 1. The van der Waals surface area contributed by atoms with Crippen molar-refractivity contribution in [3.8, 4) is 0 Å². The van der Waals surface area contributed by atoms with Crippen LogP contribution in [0.15, 0.2) is 33.9 Å². The second-order valence-electron chi connectivity index (χ2n) is 4.34. The van der Waals surface area contributed by atoms with E-state index in [0.717, 1.165) is 17.5 Å². The Kier molecular flexibility index (Phi) is 5.43. The molecule has 1 atom stereocenters. The molecule has 1 aromatic carbocycles. The molecule has 0 bridgehead atoms. The summed E-state index contributed by atoms with van der Waals surface area (Å²) in [5.74, 6) is -0.0200. The van der Waals surface area contributed by atoms with Crippen LogP contribution in [-0.4, -0.2) is 36.4 Å². The normalized spacial score (nSPS) is 12.5. The van der Waals surface area contributed by atoms with Gasteiger partial charge in [0.15, 0.2) is 5.58 Å². The summed E-state index contributed by atoms with van der Waals surface area (Å²) in [5.41, 5.74) is 1.55. The van der Waals surface area contributed by atoms with Crippen molar-refractivity contribution in [3.05, 3.63) is 24.3 Å². The number of benzene rings is 1. The molecule has 2 aromatic rings. The lowest BCUT2D eigenvalue weighted by Crippen LogP contribution is -2.32. The number of amides is 1. The molecule has 1 unspecified atom stereocenters. The molecule has 0 radical (unpaired) electrons. The Morgan fingerprint density at radius 3 is 3.05 bits per heavy atom. The molecule has 1 amide bonds. The molecular weight excluding hydrogens is 276 g/mol. The molecule has 0 saturated carbocycles. The van der Waals surface area contributed by atoms with Gasteiger partial charge in [-0.3, -0.25) is 4.79 Å². The minimum Gasteiger partial charge on any atom is -0.431 e.